The first-order valence-corrected chi connectivity index (χ1v) is 13.1. The van der Waals surface area contributed by atoms with Gasteiger partial charge < -0.3 is 18.9 Å². The molecule has 0 heterocycles. The van der Waals surface area contributed by atoms with Gasteiger partial charge in [0.15, 0.2) is 23.0 Å². The van der Waals surface area contributed by atoms with Gasteiger partial charge in [-0.25, -0.2) is 5.43 Å². The number of nitrogens with one attached hydrogen (secondary N) is 1. The minimum atomic E-state index is -0.456. The van der Waals surface area contributed by atoms with Crippen LogP contribution in [-0.4, -0.2) is 31.3 Å². The second kappa shape index (κ2) is 13.9. The number of halogens is 1. The first kappa shape index (κ1) is 29.1. The molecule has 4 aromatic rings. The number of non-ortho nitro benzene ring substituents is 1. The summed E-state index contributed by atoms with van der Waals surface area (Å²) in [7, 11) is 3.01. The highest BCUT2D eigenvalue weighted by Gasteiger charge is 2.14. The van der Waals surface area contributed by atoms with E-state index in [1.807, 2.05) is 30.3 Å². The third-order valence-corrected chi connectivity index (χ3v) is 6.41. The summed E-state index contributed by atoms with van der Waals surface area (Å²) in [6.45, 7) is 0.545. The third kappa shape index (κ3) is 7.83. The predicted molar refractivity (Wildman–Crippen MR) is 157 cm³/mol. The van der Waals surface area contributed by atoms with Gasteiger partial charge in [-0.05, 0) is 75.1 Å². The number of benzene rings is 4. The molecule has 0 aliphatic carbocycles. The van der Waals surface area contributed by atoms with E-state index in [1.165, 1.54) is 32.6 Å². The first-order chi connectivity index (χ1) is 19.9. The number of rotatable bonds is 12. The predicted octanol–water partition coefficient (Wildman–Crippen LogP) is 6.30. The SMILES string of the molecule is COc1cc(C(=O)N/N=C/c2cc(Br)c(OCc3ccc([N+](=O)[O-])cc3)c(OC)c2)ccc1OCc1ccccc1. The number of ether oxygens (including phenoxy) is 4. The van der Waals surface area contributed by atoms with Gasteiger partial charge in [0.1, 0.15) is 13.2 Å². The Hall–Kier alpha value is -4.90. The van der Waals surface area contributed by atoms with E-state index in [2.05, 4.69) is 26.5 Å². The van der Waals surface area contributed by atoms with E-state index in [4.69, 9.17) is 18.9 Å². The number of hydrazone groups is 1. The fourth-order valence-corrected chi connectivity index (χ4v) is 4.29. The number of nitro groups is 1. The number of carbonyl (C=O) groups excluding carboxylic acids is 1. The Morgan fingerprint density at radius 1 is 0.878 bits per heavy atom. The van der Waals surface area contributed by atoms with Gasteiger partial charge in [-0.3, -0.25) is 14.9 Å². The molecular weight excluding hydrogens is 594 g/mol. The van der Waals surface area contributed by atoms with E-state index in [0.29, 0.717) is 45.2 Å². The monoisotopic (exact) mass is 619 g/mol. The quantitative estimate of drug-likeness (QED) is 0.112. The average molecular weight is 620 g/mol. The minimum Gasteiger partial charge on any atom is -0.493 e. The van der Waals surface area contributed by atoms with Crippen LogP contribution >= 0.6 is 15.9 Å². The van der Waals surface area contributed by atoms with Crippen LogP contribution in [0, 0.1) is 10.1 Å². The van der Waals surface area contributed by atoms with Gasteiger partial charge >= 0.3 is 0 Å². The molecule has 1 N–H and O–H groups in total. The summed E-state index contributed by atoms with van der Waals surface area (Å²) >= 11 is 3.48. The van der Waals surface area contributed by atoms with Crippen molar-refractivity contribution in [3.63, 3.8) is 0 Å². The highest BCUT2D eigenvalue weighted by molar-refractivity contribution is 9.10. The number of methoxy groups -OCH3 is 2. The third-order valence-electron chi connectivity index (χ3n) is 5.82. The molecule has 0 aliphatic rings. The fourth-order valence-electron chi connectivity index (χ4n) is 3.72. The molecule has 0 aliphatic heterocycles. The van der Waals surface area contributed by atoms with Crippen molar-refractivity contribution in [1.29, 1.82) is 0 Å². The van der Waals surface area contributed by atoms with Crippen molar-refractivity contribution in [2.45, 2.75) is 13.2 Å². The lowest BCUT2D eigenvalue weighted by atomic mass is 10.2. The Kier molecular flexibility index (Phi) is 9.89. The second-order valence-corrected chi connectivity index (χ2v) is 9.44. The lowest BCUT2D eigenvalue weighted by Gasteiger charge is -2.13. The fraction of sp³-hybridized carbons (Fsp3) is 0.133. The minimum absolute atomic E-state index is 0.00671. The van der Waals surface area contributed by atoms with Crippen molar-refractivity contribution in [3.8, 4) is 23.0 Å². The van der Waals surface area contributed by atoms with Crippen LogP contribution in [0.3, 0.4) is 0 Å². The molecule has 1 amide bonds. The van der Waals surface area contributed by atoms with Gasteiger partial charge in [0, 0.05) is 17.7 Å². The number of hydrogen-bond acceptors (Lipinski definition) is 8. The molecule has 4 rings (SSSR count). The molecule has 0 aromatic heterocycles. The summed E-state index contributed by atoms with van der Waals surface area (Å²) in [6, 6.07) is 24.2. The molecular formula is C30H26BrN3O7. The van der Waals surface area contributed by atoms with Gasteiger partial charge in [0.05, 0.1) is 29.8 Å². The summed E-state index contributed by atoms with van der Waals surface area (Å²) in [6.07, 6.45) is 1.47. The molecule has 4 aromatic carbocycles. The summed E-state index contributed by atoms with van der Waals surface area (Å²) in [5.41, 5.74) is 5.26. The van der Waals surface area contributed by atoms with E-state index in [-0.39, 0.29) is 12.3 Å². The first-order valence-electron chi connectivity index (χ1n) is 12.3. The number of nitrogens with zero attached hydrogens (tertiary/aromatic N) is 2. The van der Waals surface area contributed by atoms with Crippen molar-refractivity contribution < 1.29 is 28.7 Å². The standard InChI is InChI=1S/C30H26BrN3O7/c1-38-27-16-23(10-13-26(27)40-18-20-6-4-3-5-7-20)30(35)33-32-17-22-14-25(31)29(28(15-22)39-2)41-19-21-8-11-24(12-9-21)34(36)37/h3-17H,18-19H2,1-2H3,(H,33,35)/b32-17+. The second-order valence-electron chi connectivity index (χ2n) is 8.59. The van der Waals surface area contributed by atoms with Crippen molar-refractivity contribution in [3.05, 3.63) is 122 Å². The van der Waals surface area contributed by atoms with E-state index >= 15 is 0 Å². The molecule has 0 fully saturated rings. The zero-order chi connectivity index (χ0) is 29.2. The Morgan fingerprint density at radius 2 is 1.56 bits per heavy atom. The molecule has 0 saturated carbocycles. The number of nitro benzene ring substituents is 1. The molecule has 0 radical (unpaired) electrons. The van der Waals surface area contributed by atoms with Crippen molar-refractivity contribution in [2.75, 3.05) is 14.2 Å². The van der Waals surface area contributed by atoms with Gasteiger partial charge in [-0.2, -0.15) is 5.10 Å². The topological polar surface area (TPSA) is 122 Å². The van der Waals surface area contributed by atoms with Crippen molar-refractivity contribution >= 4 is 33.7 Å². The molecule has 0 spiro atoms. The summed E-state index contributed by atoms with van der Waals surface area (Å²) < 4.78 is 23.2. The van der Waals surface area contributed by atoms with E-state index in [0.717, 1.165) is 11.1 Å². The maximum atomic E-state index is 12.7. The number of carbonyl (C=O) groups is 1. The van der Waals surface area contributed by atoms with Crippen LogP contribution in [0.4, 0.5) is 5.69 Å². The Labute approximate surface area is 244 Å². The summed E-state index contributed by atoms with van der Waals surface area (Å²) in [4.78, 5) is 23.1. The molecule has 0 bridgehead atoms. The van der Waals surface area contributed by atoms with E-state index in [1.54, 1.807) is 42.5 Å². The number of hydrogen-bond donors (Lipinski definition) is 1. The maximum Gasteiger partial charge on any atom is 0.271 e. The highest BCUT2D eigenvalue weighted by Crippen LogP contribution is 2.37. The normalized spacial score (nSPS) is 10.7. The van der Waals surface area contributed by atoms with Gasteiger partial charge in [-0.1, -0.05) is 30.3 Å². The summed E-state index contributed by atoms with van der Waals surface area (Å²) in [5.74, 6) is 1.40. The highest BCUT2D eigenvalue weighted by atomic mass is 79.9. The van der Waals surface area contributed by atoms with Crippen LogP contribution in [0.1, 0.15) is 27.0 Å². The maximum absolute atomic E-state index is 12.7. The van der Waals surface area contributed by atoms with Crippen molar-refractivity contribution in [1.82, 2.24) is 5.43 Å². The van der Waals surface area contributed by atoms with Crippen LogP contribution in [0.25, 0.3) is 0 Å². The molecule has 0 unspecified atom stereocenters. The van der Waals surface area contributed by atoms with Crippen molar-refractivity contribution in [2.24, 2.45) is 5.10 Å². The molecule has 11 heteroatoms. The smallest absolute Gasteiger partial charge is 0.271 e. The number of amides is 1. The molecule has 0 saturated heterocycles. The molecule has 41 heavy (non-hydrogen) atoms. The van der Waals surface area contributed by atoms with Gasteiger partial charge in [0.2, 0.25) is 0 Å². The van der Waals surface area contributed by atoms with Crippen LogP contribution in [0.5, 0.6) is 23.0 Å². The van der Waals surface area contributed by atoms with Gasteiger partial charge in [-0.15, -0.1) is 0 Å². The largest absolute Gasteiger partial charge is 0.493 e. The zero-order valence-corrected chi connectivity index (χ0v) is 23.8. The van der Waals surface area contributed by atoms with Crippen LogP contribution in [0.15, 0.2) is 94.5 Å². The Morgan fingerprint density at radius 3 is 2.24 bits per heavy atom. The van der Waals surface area contributed by atoms with E-state index < -0.39 is 10.8 Å². The summed E-state index contributed by atoms with van der Waals surface area (Å²) in [5, 5.41) is 14.9. The molecule has 0 atom stereocenters. The lowest BCUT2D eigenvalue weighted by Crippen LogP contribution is -2.17. The molecule has 210 valence electrons. The van der Waals surface area contributed by atoms with E-state index in [9.17, 15) is 14.9 Å². The van der Waals surface area contributed by atoms with Gasteiger partial charge in [0.25, 0.3) is 11.6 Å². The van der Waals surface area contributed by atoms with Crippen LogP contribution < -0.4 is 24.4 Å². The Bertz CT molecular complexity index is 1540. The Balaban J connectivity index is 1.38. The van der Waals surface area contributed by atoms with Crippen LogP contribution in [0.2, 0.25) is 0 Å². The lowest BCUT2D eigenvalue weighted by molar-refractivity contribution is -0.384. The van der Waals surface area contributed by atoms with Crippen LogP contribution in [-0.2, 0) is 13.2 Å². The zero-order valence-electron chi connectivity index (χ0n) is 22.2. The molecule has 10 nitrogen and oxygen atoms in total. The average Bonchev–Trinajstić information content (AvgIpc) is 2.99.